The molecule has 1 amide bonds. The third-order valence-electron chi connectivity index (χ3n) is 7.66. The topological polar surface area (TPSA) is 72.2 Å². The number of carbonyl (C=O) groups excluding carboxylic acids is 1. The van der Waals surface area contributed by atoms with Crippen LogP contribution in [0.1, 0.15) is 27.2 Å². The van der Waals surface area contributed by atoms with E-state index in [0.717, 1.165) is 27.7 Å². The Morgan fingerprint density at radius 3 is 2.38 bits per heavy atom. The highest BCUT2D eigenvalue weighted by Crippen LogP contribution is 2.34. The second-order valence-corrected chi connectivity index (χ2v) is 18.9. The van der Waals surface area contributed by atoms with Gasteiger partial charge >= 0.3 is 11.8 Å². The van der Waals surface area contributed by atoms with Gasteiger partial charge in [-0.3, -0.25) is 14.0 Å². The molecule has 0 radical (unpaired) electrons. The molecule has 0 N–H and O–H groups in total. The quantitative estimate of drug-likeness (QED) is 0.356. The standard InChI is InChI=1S/C28H45F2N5O4Si/c1-27(2,3)39-26(37)34-12-11-23(28(29,30)19-34)33-15-13-32(14-16-33)21-9-8-10-22-24(21)31(4)25(36)35(22)20-38-17-18-40(5,6)7/h8-10,23H,11-20H2,1-7H3/t23-/m1/s1. The Labute approximate surface area is 236 Å². The van der Waals surface area contributed by atoms with Gasteiger partial charge in [0.05, 0.1) is 29.3 Å². The maximum Gasteiger partial charge on any atom is 0.410 e. The van der Waals surface area contributed by atoms with Gasteiger partial charge < -0.3 is 19.3 Å². The molecule has 2 saturated heterocycles. The second kappa shape index (κ2) is 11.4. The van der Waals surface area contributed by atoms with Crippen LogP contribution in [-0.2, 0) is 23.3 Å². The molecular formula is C28H45F2N5O4Si. The monoisotopic (exact) mass is 581 g/mol. The number of hydrogen-bond acceptors (Lipinski definition) is 6. The molecule has 3 heterocycles. The number of para-hydroxylation sites is 1. The highest BCUT2D eigenvalue weighted by atomic mass is 28.3. The smallest absolute Gasteiger partial charge is 0.410 e. The fourth-order valence-corrected chi connectivity index (χ4v) is 6.27. The maximum atomic E-state index is 15.3. The Morgan fingerprint density at radius 1 is 1.10 bits per heavy atom. The predicted molar refractivity (Wildman–Crippen MR) is 156 cm³/mol. The molecule has 1 aromatic carbocycles. The molecule has 9 nitrogen and oxygen atoms in total. The number of alkyl halides is 2. The largest absolute Gasteiger partial charge is 0.444 e. The highest BCUT2D eigenvalue weighted by molar-refractivity contribution is 6.76. The van der Waals surface area contributed by atoms with Crippen LogP contribution in [0, 0.1) is 0 Å². The first-order valence-corrected chi connectivity index (χ1v) is 17.9. The molecule has 1 atom stereocenters. The molecule has 2 aromatic rings. The number of fused-ring (bicyclic) bond motifs is 1. The van der Waals surface area contributed by atoms with Gasteiger partial charge in [0, 0.05) is 54.5 Å². The summed E-state index contributed by atoms with van der Waals surface area (Å²) >= 11 is 0. The number of hydrogen-bond donors (Lipinski definition) is 0. The average Bonchev–Trinajstić information content (AvgIpc) is 3.09. The van der Waals surface area contributed by atoms with E-state index in [1.54, 1.807) is 37.0 Å². The van der Waals surface area contributed by atoms with E-state index in [2.05, 4.69) is 24.5 Å². The molecule has 2 aliphatic heterocycles. The van der Waals surface area contributed by atoms with Crippen LogP contribution >= 0.6 is 0 Å². The van der Waals surface area contributed by atoms with Crippen molar-refractivity contribution in [1.29, 1.82) is 0 Å². The Balaban J connectivity index is 1.42. The van der Waals surface area contributed by atoms with Crippen LogP contribution in [0.25, 0.3) is 11.0 Å². The number of anilines is 1. The van der Waals surface area contributed by atoms with Crippen LogP contribution in [0.15, 0.2) is 23.0 Å². The van der Waals surface area contributed by atoms with Crippen LogP contribution < -0.4 is 10.6 Å². The van der Waals surface area contributed by atoms with Crippen LogP contribution in [0.2, 0.25) is 25.7 Å². The van der Waals surface area contributed by atoms with Gasteiger partial charge in [-0.15, -0.1) is 0 Å². The third kappa shape index (κ3) is 6.88. The van der Waals surface area contributed by atoms with E-state index in [1.165, 1.54) is 0 Å². The summed E-state index contributed by atoms with van der Waals surface area (Å²) in [5.41, 5.74) is 1.69. The number of aromatic nitrogens is 2. The van der Waals surface area contributed by atoms with E-state index in [0.29, 0.717) is 32.8 Å². The fraction of sp³-hybridized carbons (Fsp3) is 0.714. The van der Waals surface area contributed by atoms with E-state index in [-0.39, 0.29) is 25.4 Å². The van der Waals surface area contributed by atoms with Crippen molar-refractivity contribution in [1.82, 2.24) is 18.9 Å². The van der Waals surface area contributed by atoms with Crippen LogP contribution in [0.3, 0.4) is 0 Å². The van der Waals surface area contributed by atoms with Crippen molar-refractivity contribution in [2.75, 3.05) is 50.8 Å². The number of likely N-dealkylation sites (tertiary alicyclic amines) is 1. The number of ether oxygens (including phenoxy) is 2. The molecule has 0 aliphatic carbocycles. The maximum absolute atomic E-state index is 15.3. The number of carbonyl (C=O) groups is 1. The van der Waals surface area contributed by atoms with Crippen LogP contribution in [-0.4, -0.2) is 96.5 Å². The molecule has 4 rings (SSSR count). The lowest BCUT2D eigenvalue weighted by molar-refractivity contribution is -0.126. The lowest BCUT2D eigenvalue weighted by atomic mass is 9.98. The van der Waals surface area contributed by atoms with Gasteiger partial charge in [0.1, 0.15) is 12.3 Å². The zero-order valence-corrected chi connectivity index (χ0v) is 26.0. The number of imidazole rings is 1. The van der Waals surface area contributed by atoms with Crippen molar-refractivity contribution in [3.63, 3.8) is 0 Å². The molecule has 0 unspecified atom stereocenters. The summed E-state index contributed by atoms with van der Waals surface area (Å²) in [7, 11) is 0.534. The lowest BCUT2D eigenvalue weighted by Crippen LogP contribution is -2.62. The number of benzene rings is 1. The van der Waals surface area contributed by atoms with Gasteiger partial charge in [-0.05, 0) is 45.4 Å². The first-order valence-electron chi connectivity index (χ1n) is 14.2. The fourth-order valence-electron chi connectivity index (χ4n) is 5.51. The number of rotatable bonds is 7. The summed E-state index contributed by atoms with van der Waals surface area (Å²) in [6.07, 6.45) is -0.501. The summed E-state index contributed by atoms with van der Waals surface area (Å²) in [6.45, 7) is 14.6. The summed E-state index contributed by atoms with van der Waals surface area (Å²) in [4.78, 5) is 30.6. The molecule has 0 spiro atoms. The van der Waals surface area contributed by atoms with Crippen molar-refractivity contribution in [3.05, 3.63) is 28.7 Å². The van der Waals surface area contributed by atoms with E-state index < -0.39 is 38.3 Å². The number of nitrogens with zero attached hydrogens (tertiary/aromatic N) is 5. The van der Waals surface area contributed by atoms with Crippen molar-refractivity contribution in [3.8, 4) is 0 Å². The molecule has 0 saturated carbocycles. The van der Waals surface area contributed by atoms with Gasteiger partial charge in [0.2, 0.25) is 0 Å². The minimum atomic E-state index is -3.03. The summed E-state index contributed by atoms with van der Waals surface area (Å²) in [5.74, 6) is -3.03. The van der Waals surface area contributed by atoms with Crippen LogP contribution in [0.4, 0.5) is 19.3 Å². The molecule has 12 heteroatoms. The number of piperazine rings is 1. The average molecular weight is 582 g/mol. The Hall–Kier alpha value is -2.44. The van der Waals surface area contributed by atoms with Gasteiger partial charge in [-0.2, -0.15) is 0 Å². The summed E-state index contributed by atoms with van der Waals surface area (Å²) < 4.78 is 45.0. The molecule has 1 aromatic heterocycles. The SMILES string of the molecule is Cn1c(=O)n(COCC[Si](C)(C)C)c2cccc(N3CCN([C@@H]4CCN(C(=O)OC(C)(C)C)CC4(F)F)CC3)c21. The lowest BCUT2D eigenvalue weighted by Gasteiger charge is -2.46. The minimum absolute atomic E-state index is 0.134. The first kappa shape index (κ1) is 30.5. The number of halogens is 2. The number of piperidine rings is 1. The van der Waals surface area contributed by atoms with Gasteiger partial charge in [0.15, 0.2) is 0 Å². The molecular weight excluding hydrogens is 536 g/mol. The van der Waals surface area contributed by atoms with Crippen molar-refractivity contribution >= 4 is 30.9 Å². The number of amides is 1. The van der Waals surface area contributed by atoms with Crippen molar-refractivity contribution < 1.29 is 23.0 Å². The molecule has 224 valence electrons. The summed E-state index contributed by atoms with van der Waals surface area (Å²) in [6, 6.07) is 5.95. The first-order chi connectivity index (χ1) is 18.6. The Kier molecular flexibility index (Phi) is 8.73. The number of aryl methyl sites for hydroxylation is 1. The zero-order chi connectivity index (χ0) is 29.5. The van der Waals surface area contributed by atoms with E-state index in [4.69, 9.17) is 9.47 Å². The van der Waals surface area contributed by atoms with E-state index in [9.17, 15) is 9.59 Å². The molecule has 2 fully saturated rings. The normalized spacial score (nSPS) is 20.8. The molecule has 0 bridgehead atoms. The van der Waals surface area contributed by atoms with Gasteiger partial charge in [0.25, 0.3) is 5.92 Å². The minimum Gasteiger partial charge on any atom is -0.444 e. The third-order valence-corrected chi connectivity index (χ3v) is 9.37. The predicted octanol–water partition coefficient (Wildman–Crippen LogP) is 4.42. The Bertz CT molecular complexity index is 1260. The zero-order valence-electron chi connectivity index (χ0n) is 25.0. The van der Waals surface area contributed by atoms with E-state index in [1.807, 2.05) is 23.1 Å². The summed E-state index contributed by atoms with van der Waals surface area (Å²) in [5, 5.41) is 0. The Morgan fingerprint density at radius 2 is 1.77 bits per heavy atom. The molecule has 40 heavy (non-hydrogen) atoms. The van der Waals surface area contributed by atoms with Crippen molar-refractivity contribution in [2.24, 2.45) is 7.05 Å². The second-order valence-electron chi connectivity index (χ2n) is 13.3. The molecule has 2 aliphatic rings. The van der Waals surface area contributed by atoms with Gasteiger partial charge in [-0.1, -0.05) is 25.7 Å². The van der Waals surface area contributed by atoms with Crippen LogP contribution in [0.5, 0.6) is 0 Å². The van der Waals surface area contributed by atoms with E-state index >= 15 is 8.78 Å². The van der Waals surface area contributed by atoms with Crippen molar-refractivity contribution in [2.45, 2.75) is 77.2 Å². The highest BCUT2D eigenvalue weighted by Gasteiger charge is 2.49. The van der Waals surface area contributed by atoms with Gasteiger partial charge in [-0.25, -0.2) is 18.4 Å².